The highest BCUT2D eigenvalue weighted by molar-refractivity contribution is 14.1. The number of nitrogens with zero attached hydrogens (tertiary/aromatic N) is 1. The van der Waals surface area contributed by atoms with Gasteiger partial charge in [0.2, 0.25) is 0 Å². The number of esters is 1. The van der Waals surface area contributed by atoms with Crippen LogP contribution in [0.3, 0.4) is 0 Å². The van der Waals surface area contributed by atoms with E-state index in [2.05, 4.69) is 9.72 Å². The Kier molecular flexibility index (Phi) is 3.47. The van der Waals surface area contributed by atoms with Crippen LogP contribution in [-0.4, -0.2) is 18.1 Å². The number of pyridine rings is 1. The van der Waals surface area contributed by atoms with E-state index in [1.165, 1.54) is 7.11 Å². The summed E-state index contributed by atoms with van der Waals surface area (Å²) in [5.74, 6) is -0.289. The predicted octanol–water partition coefficient (Wildman–Crippen LogP) is 0.984. The first kappa shape index (κ1) is 10.2. The second-order valence-electron chi connectivity index (χ2n) is 2.48. The van der Waals surface area contributed by atoms with Crippen LogP contribution in [0.4, 0.5) is 5.69 Å². The lowest BCUT2D eigenvalue weighted by Crippen LogP contribution is -2.05. The van der Waals surface area contributed by atoms with E-state index in [9.17, 15) is 4.79 Å². The quantitative estimate of drug-likeness (QED) is 0.501. The Morgan fingerprint density at radius 3 is 3.00 bits per heavy atom. The number of anilines is 1. The minimum atomic E-state index is -0.289. The molecule has 5 heteroatoms. The van der Waals surface area contributed by atoms with Gasteiger partial charge in [0.1, 0.15) is 3.70 Å². The number of aromatic nitrogens is 1. The summed E-state index contributed by atoms with van der Waals surface area (Å²) >= 11 is 2.03. The standard InChI is InChI=1S/C8H9IN2O2/c1-13-7(12)3-5-2-6(10)8(9)11-4-5/h2,4H,3,10H2,1H3. The highest BCUT2D eigenvalue weighted by atomic mass is 127. The van der Waals surface area contributed by atoms with Gasteiger partial charge in [-0.15, -0.1) is 0 Å². The van der Waals surface area contributed by atoms with Crippen molar-refractivity contribution in [2.45, 2.75) is 6.42 Å². The Labute approximate surface area is 89.6 Å². The summed E-state index contributed by atoms with van der Waals surface area (Å²) in [6.07, 6.45) is 1.83. The summed E-state index contributed by atoms with van der Waals surface area (Å²) in [4.78, 5) is 14.9. The maximum atomic E-state index is 10.9. The van der Waals surface area contributed by atoms with Crippen LogP contribution in [0.25, 0.3) is 0 Å². The zero-order valence-electron chi connectivity index (χ0n) is 7.08. The maximum Gasteiger partial charge on any atom is 0.310 e. The molecule has 0 aliphatic rings. The molecule has 1 aromatic rings. The molecule has 0 spiro atoms. The van der Waals surface area contributed by atoms with Crippen molar-refractivity contribution in [1.82, 2.24) is 4.98 Å². The minimum Gasteiger partial charge on any atom is -0.469 e. The monoisotopic (exact) mass is 292 g/mol. The number of methoxy groups -OCH3 is 1. The molecule has 0 radical (unpaired) electrons. The number of hydrogen-bond acceptors (Lipinski definition) is 4. The number of carbonyl (C=O) groups excluding carboxylic acids is 1. The lowest BCUT2D eigenvalue weighted by Gasteiger charge is -2.01. The molecule has 1 aromatic heterocycles. The maximum absolute atomic E-state index is 10.9. The number of carbonyl (C=O) groups is 1. The fraction of sp³-hybridized carbons (Fsp3) is 0.250. The lowest BCUT2D eigenvalue weighted by molar-refractivity contribution is -0.139. The predicted molar refractivity (Wildman–Crippen MR) is 57.1 cm³/mol. The summed E-state index contributed by atoms with van der Waals surface area (Å²) in [5, 5.41) is 0. The van der Waals surface area contributed by atoms with Gasteiger partial charge in [-0.2, -0.15) is 0 Å². The molecule has 13 heavy (non-hydrogen) atoms. The molecular weight excluding hydrogens is 283 g/mol. The van der Waals surface area contributed by atoms with Crippen molar-refractivity contribution in [2.24, 2.45) is 0 Å². The molecule has 0 amide bonds. The van der Waals surface area contributed by atoms with Gasteiger partial charge in [0.25, 0.3) is 0 Å². The van der Waals surface area contributed by atoms with Crippen LogP contribution in [0.15, 0.2) is 12.3 Å². The first-order valence-corrected chi connectivity index (χ1v) is 4.68. The first-order chi connectivity index (χ1) is 6.13. The van der Waals surface area contributed by atoms with Gasteiger partial charge in [0.15, 0.2) is 0 Å². The van der Waals surface area contributed by atoms with Crippen LogP contribution < -0.4 is 5.73 Å². The molecule has 0 aliphatic heterocycles. The molecule has 70 valence electrons. The van der Waals surface area contributed by atoms with Crippen LogP contribution in [-0.2, 0) is 16.0 Å². The van der Waals surface area contributed by atoms with Crippen LogP contribution in [0.5, 0.6) is 0 Å². The highest BCUT2D eigenvalue weighted by Gasteiger charge is 2.04. The zero-order valence-corrected chi connectivity index (χ0v) is 9.24. The van der Waals surface area contributed by atoms with Gasteiger partial charge in [-0.25, -0.2) is 4.98 Å². The SMILES string of the molecule is COC(=O)Cc1cnc(I)c(N)c1. The van der Waals surface area contributed by atoms with Gasteiger partial charge >= 0.3 is 5.97 Å². The van der Waals surface area contributed by atoms with Crippen molar-refractivity contribution in [3.8, 4) is 0 Å². The third-order valence-corrected chi connectivity index (χ3v) is 2.40. The molecule has 4 nitrogen and oxygen atoms in total. The molecule has 0 atom stereocenters. The third kappa shape index (κ3) is 2.83. The molecule has 0 saturated carbocycles. The van der Waals surface area contributed by atoms with E-state index in [4.69, 9.17) is 5.73 Å². The van der Waals surface area contributed by atoms with Crippen LogP contribution >= 0.6 is 22.6 Å². The van der Waals surface area contributed by atoms with Crippen molar-refractivity contribution in [1.29, 1.82) is 0 Å². The van der Waals surface area contributed by atoms with Gasteiger partial charge in [-0.05, 0) is 34.2 Å². The summed E-state index contributed by atoms with van der Waals surface area (Å²) in [6, 6.07) is 1.73. The Balaban J connectivity index is 2.79. The van der Waals surface area contributed by atoms with Gasteiger partial charge in [-0.1, -0.05) is 0 Å². The van der Waals surface area contributed by atoms with Crippen LogP contribution in [0.1, 0.15) is 5.56 Å². The number of nitrogens with two attached hydrogens (primary N) is 1. The normalized spacial score (nSPS) is 9.69. The van der Waals surface area contributed by atoms with Crippen molar-refractivity contribution in [2.75, 3.05) is 12.8 Å². The summed E-state index contributed by atoms with van der Waals surface area (Å²) < 4.78 is 5.26. The van der Waals surface area contributed by atoms with E-state index in [0.717, 1.165) is 9.26 Å². The van der Waals surface area contributed by atoms with Crippen molar-refractivity contribution in [3.05, 3.63) is 21.5 Å². The van der Waals surface area contributed by atoms with E-state index < -0.39 is 0 Å². The molecule has 2 N–H and O–H groups in total. The Morgan fingerprint density at radius 1 is 1.77 bits per heavy atom. The molecule has 1 rings (SSSR count). The van der Waals surface area contributed by atoms with E-state index in [0.29, 0.717) is 5.69 Å². The molecule has 0 saturated heterocycles. The number of hydrogen-bond donors (Lipinski definition) is 1. The van der Waals surface area contributed by atoms with Crippen molar-refractivity contribution < 1.29 is 9.53 Å². The fourth-order valence-corrected chi connectivity index (χ4v) is 1.14. The van der Waals surface area contributed by atoms with Gasteiger partial charge < -0.3 is 10.5 Å². The Morgan fingerprint density at radius 2 is 2.46 bits per heavy atom. The van der Waals surface area contributed by atoms with Crippen LogP contribution in [0, 0.1) is 3.70 Å². The Hall–Kier alpha value is -0.850. The number of ether oxygens (including phenoxy) is 1. The molecular formula is C8H9IN2O2. The molecule has 0 bridgehead atoms. The molecule has 1 heterocycles. The average Bonchev–Trinajstić information content (AvgIpc) is 2.11. The zero-order chi connectivity index (χ0) is 9.84. The van der Waals surface area contributed by atoms with Gasteiger partial charge in [0.05, 0.1) is 19.2 Å². The summed E-state index contributed by atoms with van der Waals surface area (Å²) in [5.41, 5.74) is 6.97. The van der Waals surface area contributed by atoms with Crippen molar-refractivity contribution >= 4 is 34.2 Å². The average molecular weight is 292 g/mol. The minimum absolute atomic E-state index is 0.213. The van der Waals surface area contributed by atoms with Gasteiger partial charge in [0, 0.05) is 6.20 Å². The second kappa shape index (κ2) is 4.40. The highest BCUT2D eigenvalue weighted by Crippen LogP contribution is 2.13. The smallest absolute Gasteiger partial charge is 0.310 e. The van der Waals surface area contributed by atoms with Crippen LogP contribution in [0.2, 0.25) is 0 Å². The lowest BCUT2D eigenvalue weighted by atomic mass is 10.2. The fourth-order valence-electron chi connectivity index (χ4n) is 0.846. The largest absolute Gasteiger partial charge is 0.469 e. The number of rotatable bonds is 2. The third-order valence-electron chi connectivity index (χ3n) is 1.50. The van der Waals surface area contributed by atoms with E-state index in [1.807, 2.05) is 22.6 Å². The molecule has 0 aromatic carbocycles. The summed E-state index contributed by atoms with van der Waals surface area (Å²) in [7, 11) is 1.35. The topological polar surface area (TPSA) is 65.2 Å². The van der Waals surface area contributed by atoms with E-state index in [-0.39, 0.29) is 12.4 Å². The molecule has 0 unspecified atom stereocenters. The van der Waals surface area contributed by atoms with E-state index in [1.54, 1.807) is 12.3 Å². The number of nitrogen functional groups attached to an aromatic ring is 1. The Bertz CT molecular complexity index is 328. The summed E-state index contributed by atoms with van der Waals surface area (Å²) in [6.45, 7) is 0. The van der Waals surface area contributed by atoms with Gasteiger partial charge in [-0.3, -0.25) is 4.79 Å². The molecule has 0 aliphatic carbocycles. The first-order valence-electron chi connectivity index (χ1n) is 3.60. The van der Waals surface area contributed by atoms with Crippen molar-refractivity contribution in [3.63, 3.8) is 0 Å². The van der Waals surface area contributed by atoms with E-state index >= 15 is 0 Å². The number of halogens is 1. The second-order valence-corrected chi connectivity index (χ2v) is 3.50. The molecule has 0 fully saturated rings.